The second kappa shape index (κ2) is 5.02. The van der Waals surface area contributed by atoms with Crippen LogP contribution in [0.2, 0.25) is 5.22 Å². The molecule has 2 heterocycles. The second-order valence-electron chi connectivity index (χ2n) is 4.47. The Kier molecular flexibility index (Phi) is 3.20. The van der Waals surface area contributed by atoms with Gasteiger partial charge in [0.15, 0.2) is 11.0 Å². The number of amides is 2. The van der Waals surface area contributed by atoms with Gasteiger partial charge in [0.2, 0.25) is 5.91 Å². The first-order valence-corrected chi connectivity index (χ1v) is 6.43. The maximum Gasteiger partial charge on any atom is 0.290 e. The van der Waals surface area contributed by atoms with Crippen molar-refractivity contribution >= 4 is 29.1 Å². The Morgan fingerprint density at radius 2 is 2.00 bits per heavy atom. The quantitative estimate of drug-likeness (QED) is 0.878. The molecule has 5 nitrogen and oxygen atoms in total. The van der Waals surface area contributed by atoms with Crippen LogP contribution in [0.5, 0.6) is 0 Å². The van der Waals surface area contributed by atoms with Crippen LogP contribution in [-0.4, -0.2) is 23.3 Å². The largest absolute Gasteiger partial charge is 0.440 e. The Balaban J connectivity index is 1.91. The van der Waals surface area contributed by atoms with Crippen LogP contribution < -0.4 is 5.32 Å². The average Bonchev–Trinajstić information content (AvgIpc) is 2.77. The summed E-state index contributed by atoms with van der Waals surface area (Å²) in [6.45, 7) is 0.317. The van der Waals surface area contributed by atoms with Crippen LogP contribution in [0.4, 0.5) is 5.69 Å². The van der Waals surface area contributed by atoms with Gasteiger partial charge in [0.25, 0.3) is 5.91 Å². The van der Waals surface area contributed by atoms with Crippen LogP contribution in [0, 0.1) is 0 Å². The summed E-state index contributed by atoms with van der Waals surface area (Å²) < 4.78 is 5.11. The SMILES string of the molecule is O=C1CN(C(=O)c2ccc(Cl)o2)Cc2ccccc2N1. The molecule has 0 saturated heterocycles. The Bertz CT molecular complexity index is 681. The molecule has 0 aliphatic carbocycles. The molecular formula is C14H11ClN2O3. The van der Waals surface area contributed by atoms with Crippen LogP contribution in [0.3, 0.4) is 0 Å². The standard InChI is InChI=1S/C14H11ClN2O3/c15-12-6-5-11(20-12)14(19)17-7-9-3-1-2-4-10(9)16-13(18)8-17/h1-6H,7-8H2,(H,16,18). The molecule has 1 aromatic carbocycles. The van der Waals surface area contributed by atoms with Gasteiger partial charge in [-0.2, -0.15) is 0 Å². The molecule has 20 heavy (non-hydrogen) atoms. The smallest absolute Gasteiger partial charge is 0.290 e. The van der Waals surface area contributed by atoms with E-state index in [9.17, 15) is 9.59 Å². The molecule has 1 N–H and O–H groups in total. The third-order valence-corrected chi connectivity index (χ3v) is 3.26. The fourth-order valence-corrected chi connectivity index (χ4v) is 2.28. The number of carbonyl (C=O) groups is 2. The van der Waals surface area contributed by atoms with E-state index >= 15 is 0 Å². The van der Waals surface area contributed by atoms with Gasteiger partial charge in [-0.05, 0) is 35.4 Å². The second-order valence-corrected chi connectivity index (χ2v) is 4.84. The van der Waals surface area contributed by atoms with Crippen LogP contribution in [0.15, 0.2) is 40.8 Å². The lowest BCUT2D eigenvalue weighted by Crippen LogP contribution is -2.35. The number of fused-ring (bicyclic) bond motifs is 1. The van der Waals surface area contributed by atoms with E-state index in [-0.39, 0.29) is 29.3 Å². The first-order valence-electron chi connectivity index (χ1n) is 6.06. The van der Waals surface area contributed by atoms with Gasteiger partial charge in [-0.25, -0.2) is 0 Å². The van der Waals surface area contributed by atoms with Gasteiger partial charge in [0.1, 0.15) is 6.54 Å². The lowest BCUT2D eigenvalue weighted by molar-refractivity contribution is -0.116. The summed E-state index contributed by atoms with van der Waals surface area (Å²) in [5, 5.41) is 2.92. The molecule has 0 fully saturated rings. The number of anilines is 1. The molecule has 0 spiro atoms. The Morgan fingerprint density at radius 3 is 2.75 bits per heavy atom. The molecule has 6 heteroatoms. The summed E-state index contributed by atoms with van der Waals surface area (Å²) in [6.07, 6.45) is 0. The third-order valence-electron chi connectivity index (χ3n) is 3.06. The lowest BCUT2D eigenvalue weighted by Gasteiger charge is -2.18. The van der Waals surface area contributed by atoms with Gasteiger partial charge in [-0.15, -0.1) is 0 Å². The summed E-state index contributed by atoms with van der Waals surface area (Å²) >= 11 is 5.67. The molecule has 0 atom stereocenters. The predicted molar refractivity (Wildman–Crippen MR) is 73.5 cm³/mol. The van der Waals surface area contributed by atoms with Crippen molar-refractivity contribution in [1.29, 1.82) is 0 Å². The van der Waals surface area contributed by atoms with Crippen LogP contribution in [0.25, 0.3) is 0 Å². The van der Waals surface area contributed by atoms with Gasteiger partial charge < -0.3 is 14.6 Å². The van der Waals surface area contributed by atoms with Crippen molar-refractivity contribution in [2.45, 2.75) is 6.54 Å². The first-order chi connectivity index (χ1) is 9.63. The molecule has 102 valence electrons. The lowest BCUT2D eigenvalue weighted by atomic mass is 10.1. The molecule has 0 saturated carbocycles. The highest BCUT2D eigenvalue weighted by Gasteiger charge is 2.25. The van der Waals surface area contributed by atoms with Crippen molar-refractivity contribution in [2.24, 2.45) is 0 Å². The van der Waals surface area contributed by atoms with E-state index in [0.717, 1.165) is 11.3 Å². The molecule has 0 radical (unpaired) electrons. The zero-order chi connectivity index (χ0) is 14.1. The highest BCUT2D eigenvalue weighted by molar-refractivity contribution is 6.29. The Morgan fingerprint density at radius 1 is 1.20 bits per heavy atom. The summed E-state index contributed by atoms with van der Waals surface area (Å²) in [5.41, 5.74) is 1.61. The molecule has 1 aliphatic rings. The zero-order valence-electron chi connectivity index (χ0n) is 10.4. The monoisotopic (exact) mass is 290 g/mol. The van der Waals surface area contributed by atoms with E-state index in [1.165, 1.54) is 17.0 Å². The molecule has 0 unspecified atom stereocenters. The van der Waals surface area contributed by atoms with E-state index in [4.69, 9.17) is 16.0 Å². The number of furan rings is 1. The third kappa shape index (κ3) is 2.40. The molecule has 2 amide bonds. The van der Waals surface area contributed by atoms with Gasteiger partial charge >= 0.3 is 0 Å². The number of benzene rings is 1. The maximum absolute atomic E-state index is 12.3. The average molecular weight is 291 g/mol. The van der Waals surface area contributed by atoms with Crippen molar-refractivity contribution in [1.82, 2.24) is 4.90 Å². The molecule has 0 bridgehead atoms. The molecule has 3 rings (SSSR count). The molecular weight excluding hydrogens is 280 g/mol. The number of para-hydroxylation sites is 1. The van der Waals surface area contributed by atoms with Gasteiger partial charge in [-0.3, -0.25) is 9.59 Å². The molecule has 1 aromatic heterocycles. The summed E-state index contributed by atoms with van der Waals surface area (Å²) in [7, 11) is 0. The van der Waals surface area contributed by atoms with E-state index in [2.05, 4.69) is 5.32 Å². The highest BCUT2D eigenvalue weighted by atomic mass is 35.5. The van der Waals surface area contributed by atoms with Gasteiger partial charge in [-0.1, -0.05) is 18.2 Å². The molecule has 2 aromatic rings. The van der Waals surface area contributed by atoms with Crippen LogP contribution >= 0.6 is 11.6 Å². The predicted octanol–water partition coefficient (Wildman–Crippen LogP) is 2.53. The van der Waals surface area contributed by atoms with E-state index in [1.54, 1.807) is 0 Å². The minimum Gasteiger partial charge on any atom is -0.440 e. The molecule has 1 aliphatic heterocycles. The van der Waals surface area contributed by atoms with E-state index < -0.39 is 0 Å². The van der Waals surface area contributed by atoms with Crippen molar-refractivity contribution in [3.05, 3.63) is 52.9 Å². The minimum absolute atomic E-state index is 0.0220. The van der Waals surface area contributed by atoms with Crippen molar-refractivity contribution in [2.75, 3.05) is 11.9 Å². The number of halogens is 1. The van der Waals surface area contributed by atoms with Crippen molar-refractivity contribution < 1.29 is 14.0 Å². The number of hydrogen-bond donors (Lipinski definition) is 1. The zero-order valence-corrected chi connectivity index (χ0v) is 11.2. The Labute approximate surface area is 120 Å². The Hall–Kier alpha value is -2.27. The van der Waals surface area contributed by atoms with E-state index in [0.29, 0.717) is 6.54 Å². The number of nitrogens with zero attached hydrogens (tertiary/aromatic N) is 1. The number of rotatable bonds is 1. The maximum atomic E-state index is 12.3. The number of nitrogens with one attached hydrogen (secondary N) is 1. The van der Waals surface area contributed by atoms with Crippen LogP contribution in [0.1, 0.15) is 16.1 Å². The minimum atomic E-state index is -0.358. The fourth-order valence-electron chi connectivity index (χ4n) is 2.13. The summed E-state index contributed by atoms with van der Waals surface area (Å²) in [4.78, 5) is 25.6. The highest BCUT2D eigenvalue weighted by Crippen LogP contribution is 2.22. The number of hydrogen-bond acceptors (Lipinski definition) is 3. The summed E-state index contributed by atoms with van der Waals surface area (Å²) in [6, 6.07) is 10.4. The fraction of sp³-hybridized carbons (Fsp3) is 0.143. The summed E-state index contributed by atoms with van der Waals surface area (Å²) in [5.74, 6) is -0.466. The topological polar surface area (TPSA) is 62.6 Å². The van der Waals surface area contributed by atoms with Crippen LogP contribution in [-0.2, 0) is 11.3 Å². The van der Waals surface area contributed by atoms with Crippen molar-refractivity contribution in [3.8, 4) is 0 Å². The number of carbonyl (C=O) groups excluding carboxylic acids is 2. The normalized spacial score (nSPS) is 14.4. The van der Waals surface area contributed by atoms with Crippen molar-refractivity contribution in [3.63, 3.8) is 0 Å². The first kappa shape index (κ1) is 12.7. The van der Waals surface area contributed by atoms with Gasteiger partial charge in [0.05, 0.1) is 0 Å². The van der Waals surface area contributed by atoms with Gasteiger partial charge in [0, 0.05) is 12.2 Å². The van der Waals surface area contributed by atoms with E-state index in [1.807, 2.05) is 24.3 Å².